The molecule has 10 nitrogen and oxygen atoms in total. The Morgan fingerprint density at radius 1 is 0.800 bits per heavy atom. The number of nitrogens with zero attached hydrogens (tertiary/aromatic N) is 1. The molecule has 35 heavy (non-hydrogen) atoms. The molecule has 200 valence electrons. The van der Waals surface area contributed by atoms with Crippen LogP contribution in [0.25, 0.3) is 0 Å². The molecule has 2 aliphatic carbocycles. The minimum Gasteiger partial charge on any atom is -0.369 e. The lowest BCUT2D eigenvalue weighted by Crippen LogP contribution is -2.46. The second-order valence-electron chi connectivity index (χ2n) is 10.2. The minimum atomic E-state index is -0.318. The summed E-state index contributed by atoms with van der Waals surface area (Å²) < 4.78 is 0. The van der Waals surface area contributed by atoms with Crippen LogP contribution in [-0.4, -0.2) is 67.8 Å². The van der Waals surface area contributed by atoms with E-state index in [2.05, 4.69) is 10.6 Å². The van der Waals surface area contributed by atoms with Crippen molar-refractivity contribution in [2.75, 3.05) is 39.3 Å². The van der Waals surface area contributed by atoms with Gasteiger partial charge in [-0.05, 0) is 75.7 Å². The summed E-state index contributed by atoms with van der Waals surface area (Å²) in [5.74, 6) is 0.607. The molecule has 0 heterocycles. The maximum absolute atomic E-state index is 12.4. The van der Waals surface area contributed by atoms with E-state index in [1.165, 1.54) is 17.7 Å². The number of rotatable bonds is 20. The number of primary amides is 1. The topological polar surface area (TPSA) is 174 Å². The molecule has 4 amide bonds. The first-order chi connectivity index (χ1) is 16.8. The molecule has 2 rings (SSSR count). The molecule has 0 bridgehead atoms. The maximum atomic E-state index is 12.4. The molecule has 2 atom stereocenters. The Labute approximate surface area is 209 Å². The van der Waals surface area contributed by atoms with Crippen LogP contribution >= 0.6 is 0 Å². The van der Waals surface area contributed by atoms with Crippen LogP contribution in [0.2, 0.25) is 0 Å². The highest BCUT2D eigenvalue weighted by atomic mass is 16.2. The molecule has 0 aromatic heterocycles. The molecule has 2 saturated carbocycles. The van der Waals surface area contributed by atoms with Crippen molar-refractivity contribution in [3.8, 4) is 0 Å². The van der Waals surface area contributed by atoms with E-state index in [1.54, 1.807) is 0 Å². The van der Waals surface area contributed by atoms with Gasteiger partial charge < -0.3 is 32.7 Å². The van der Waals surface area contributed by atoms with E-state index >= 15 is 0 Å². The van der Waals surface area contributed by atoms with Crippen LogP contribution in [0, 0.1) is 23.7 Å². The number of unbranched alkanes of at least 4 members (excludes halogenated alkanes) is 2. The summed E-state index contributed by atoms with van der Waals surface area (Å²) in [6.45, 7) is 1.53. The van der Waals surface area contributed by atoms with E-state index in [-0.39, 0.29) is 55.6 Å². The van der Waals surface area contributed by atoms with E-state index in [1.807, 2.05) is 0 Å². The lowest BCUT2D eigenvalue weighted by atomic mass is 9.96. The Bertz CT molecular complexity index is 695. The first kappa shape index (κ1) is 29.0. The molecular formula is C25H46N6O4. The van der Waals surface area contributed by atoms with Gasteiger partial charge in [0.1, 0.15) is 13.1 Å². The predicted molar refractivity (Wildman–Crippen MR) is 135 cm³/mol. The van der Waals surface area contributed by atoms with Gasteiger partial charge in [0.25, 0.3) is 0 Å². The van der Waals surface area contributed by atoms with Crippen LogP contribution in [-0.2, 0) is 19.2 Å². The fourth-order valence-corrected chi connectivity index (χ4v) is 4.67. The van der Waals surface area contributed by atoms with Gasteiger partial charge in [0.15, 0.2) is 0 Å². The van der Waals surface area contributed by atoms with Gasteiger partial charge in [-0.1, -0.05) is 12.8 Å². The Morgan fingerprint density at radius 3 is 1.80 bits per heavy atom. The molecule has 0 spiro atoms. The number of nitrogens with one attached hydrogen (secondary N) is 2. The maximum Gasteiger partial charge on any atom is 0.239 e. The zero-order valence-corrected chi connectivity index (χ0v) is 21.1. The summed E-state index contributed by atoms with van der Waals surface area (Å²) in [7, 11) is 0. The smallest absolute Gasteiger partial charge is 0.239 e. The zero-order valence-electron chi connectivity index (χ0n) is 21.1. The van der Waals surface area contributed by atoms with Gasteiger partial charge in [0, 0.05) is 32.0 Å². The second kappa shape index (κ2) is 15.7. The Balaban J connectivity index is 1.63. The van der Waals surface area contributed by atoms with E-state index in [0.717, 1.165) is 63.8 Å². The number of carbonyl (C=O) groups is 4. The first-order valence-corrected chi connectivity index (χ1v) is 13.4. The van der Waals surface area contributed by atoms with Crippen LogP contribution in [0.4, 0.5) is 0 Å². The molecule has 0 aromatic carbocycles. The number of amides is 4. The largest absolute Gasteiger partial charge is 0.369 e. The van der Waals surface area contributed by atoms with Gasteiger partial charge in [-0.2, -0.15) is 0 Å². The molecule has 0 aromatic rings. The van der Waals surface area contributed by atoms with Gasteiger partial charge in [0.05, 0.1) is 0 Å². The van der Waals surface area contributed by atoms with Crippen molar-refractivity contribution in [1.29, 1.82) is 0 Å². The van der Waals surface area contributed by atoms with Crippen LogP contribution in [0.15, 0.2) is 0 Å². The average Bonchev–Trinajstić information content (AvgIpc) is 3.72. The third-order valence-corrected chi connectivity index (χ3v) is 7.12. The third kappa shape index (κ3) is 11.9. The zero-order chi connectivity index (χ0) is 25.6. The summed E-state index contributed by atoms with van der Waals surface area (Å²) in [5, 5.41) is 5.65. The molecule has 2 fully saturated rings. The summed E-state index contributed by atoms with van der Waals surface area (Å²) in [4.78, 5) is 49.9. The van der Waals surface area contributed by atoms with Crippen LogP contribution in [0.1, 0.15) is 70.6 Å². The monoisotopic (exact) mass is 494 g/mol. The van der Waals surface area contributed by atoms with E-state index in [9.17, 15) is 19.2 Å². The molecule has 2 unspecified atom stereocenters. The quantitative estimate of drug-likeness (QED) is 0.151. The highest BCUT2D eigenvalue weighted by molar-refractivity contribution is 5.89. The Kier molecular flexibility index (Phi) is 13.0. The molecule has 8 N–H and O–H groups in total. The lowest BCUT2D eigenvalue weighted by Gasteiger charge is -2.22. The average molecular weight is 495 g/mol. The van der Waals surface area contributed by atoms with E-state index in [0.29, 0.717) is 24.9 Å². The van der Waals surface area contributed by atoms with Gasteiger partial charge in [-0.15, -0.1) is 0 Å². The number of hydrogen-bond donors (Lipinski definition) is 5. The second-order valence-corrected chi connectivity index (χ2v) is 10.2. The SMILES string of the molecule is NCCC(=O)N(CC(=O)NCCCCC(CN)C1CC1)CC(=O)NCCCCC(C(N)=O)C1CC1. The fraction of sp³-hybridized carbons (Fsp3) is 0.840. The van der Waals surface area contributed by atoms with Crippen molar-refractivity contribution < 1.29 is 19.2 Å². The summed E-state index contributed by atoms with van der Waals surface area (Å²) in [6.07, 6.45) is 10.0. The van der Waals surface area contributed by atoms with Crippen molar-refractivity contribution in [3.05, 3.63) is 0 Å². The van der Waals surface area contributed by atoms with Crippen LogP contribution < -0.4 is 27.8 Å². The van der Waals surface area contributed by atoms with Gasteiger partial charge in [-0.3, -0.25) is 19.2 Å². The molecular weight excluding hydrogens is 448 g/mol. The molecule has 0 radical (unpaired) electrons. The number of hydrogen-bond acceptors (Lipinski definition) is 6. The highest BCUT2D eigenvalue weighted by Crippen LogP contribution is 2.39. The Morgan fingerprint density at radius 2 is 1.34 bits per heavy atom. The standard InChI is InChI=1S/C25H46N6O4/c26-12-11-24(34)31(16-22(32)29-13-3-1-5-20(15-27)18-7-8-18)17-23(33)30-14-4-2-6-21(25(28)35)19-9-10-19/h18-21H,1-17,26-27H2,(H2,28,35)(H,29,32)(H,30,33). The van der Waals surface area contributed by atoms with Crippen LogP contribution in [0.5, 0.6) is 0 Å². The van der Waals surface area contributed by atoms with Crippen molar-refractivity contribution in [1.82, 2.24) is 15.5 Å². The minimum absolute atomic E-state index is 0.0612. The summed E-state index contributed by atoms with van der Waals surface area (Å²) >= 11 is 0. The predicted octanol–water partition coefficient (Wildman–Crippen LogP) is 0.233. The van der Waals surface area contributed by atoms with Gasteiger partial charge in [0.2, 0.25) is 23.6 Å². The fourth-order valence-electron chi connectivity index (χ4n) is 4.67. The molecule has 2 aliphatic rings. The molecule has 0 aliphatic heterocycles. The number of carbonyl (C=O) groups excluding carboxylic acids is 4. The van der Waals surface area contributed by atoms with Crippen LogP contribution in [0.3, 0.4) is 0 Å². The van der Waals surface area contributed by atoms with Crippen molar-refractivity contribution in [3.63, 3.8) is 0 Å². The van der Waals surface area contributed by atoms with Crippen molar-refractivity contribution in [2.45, 2.75) is 70.6 Å². The van der Waals surface area contributed by atoms with Gasteiger partial charge in [-0.25, -0.2) is 0 Å². The summed E-state index contributed by atoms with van der Waals surface area (Å²) in [6, 6.07) is 0. The van der Waals surface area contributed by atoms with Gasteiger partial charge >= 0.3 is 0 Å². The highest BCUT2D eigenvalue weighted by Gasteiger charge is 2.34. The molecule has 0 saturated heterocycles. The lowest BCUT2D eigenvalue weighted by molar-refractivity contribution is -0.139. The summed E-state index contributed by atoms with van der Waals surface area (Å²) in [5.41, 5.74) is 16.8. The number of nitrogens with two attached hydrogens (primary N) is 3. The molecule has 10 heteroatoms. The normalized spacial score (nSPS) is 16.9. The van der Waals surface area contributed by atoms with Crippen molar-refractivity contribution in [2.24, 2.45) is 40.9 Å². The first-order valence-electron chi connectivity index (χ1n) is 13.4. The third-order valence-electron chi connectivity index (χ3n) is 7.12. The van der Waals surface area contributed by atoms with E-state index < -0.39 is 0 Å². The Hall–Kier alpha value is -2.20. The van der Waals surface area contributed by atoms with Crippen molar-refractivity contribution >= 4 is 23.6 Å². The van der Waals surface area contributed by atoms with E-state index in [4.69, 9.17) is 17.2 Å².